The first-order valence-corrected chi connectivity index (χ1v) is 9.77. The van der Waals surface area contributed by atoms with Crippen molar-refractivity contribution in [1.82, 2.24) is 10.2 Å². The molecule has 9 nitrogen and oxygen atoms in total. The number of aromatic nitrogens is 2. The van der Waals surface area contributed by atoms with Crippen LogP contribution in [-0.2, 0) is 14.4 Å². The summed E-state index contributed by atoms with van der Waals surface area (Å²) in [7, 11) is 1.53. The fourth-order valence-corrected chi connectivity index (χ4v) is 4.12. The highest BCUT2D eigenvalue weighted by Crippen LogP contribution is 2.33. The van der Waals surface area contributed by atoms with Crippen molar-refractivity contribution in [2.24, 2.45) is 11.7 Å². The average Bonchev–Trinajstić information content (AvgIpc) is 3.26. The zero-order valence-electron chi connectivity index (χ0n) is 14.4. The predicted octanol–water partition coefficient (Wildman–Crippen LogP) is 1.12. The fourth-order valence-electron chi connectivity index (χ4n) is 2.63. The van der Waals surface area contributed by atoms with Gasteiger partial charge in [0.15, 0.2) is 4.34 Å². The van der Waals surface area contributed by atoms with Gasteiger partial charge in [0.1, 0.15) is 5.75 Å². The van der Waals surface area contributed by atoms with Gasteiger partial charge < -0.3 is 20.7 Å². The Kier molecular flexibility index (Phi) is 5.91. The van der Waals surface area contributed by atoms with Crippen LogP contribution in [0.2, 0.25) is 0 Å². The zero-order valence-corrected chi connectivity index (χ0v) is 16.0. The van der Waals surface area contributed by atoms with Gasteiger partial charge in [-0.1, -0.05) is 35.2 Å². The topological polar surface area (TPSA) is 128 Å². The summed E-state index contributed by atoms with van der Waals surface area (Å²) in [4.78, 5) is 37.2. The molecule has 1 aliphatic heterocycles. The number of hydrogen-bond acceptors (Lipinski definition) is 8. The summed E-state index contributed by atoms with van der Waals surface area (Å²) in [5, 5.41) is 10.8. The van der Waals surface area contributed by atoms with Gasteiger partial charge in [0.2, 0.25) is 22.9 Å². The molecule has 11 heteroatoms. The second-order valence-corrected chi connectivity index (χ2v) is 7.89. The summed E-state index contributed by atoms with van der Waals surface area (Å²) in [6, 6.07) is 7.17. The van der Waals surface area contributed by atoms with E-state index < -0.39 is 11.8 Å². The smallest absolute Gasteiger partial charge is 0.231 e. The van der Waals surface area contributed by atoms with Crippen molar-refractivity contribution >= 4 is 51.6 Å². The lowest BCUT2D eigenvalue weighted by Crippen LogP contribution is -2.28. The number of amides is 3. The third-order valence-corrected chi connectivity index (χ3v) is 5.84. The maximum atomic E-state index is 12.5. The molecule has 3 rings (SSSR count). The van der Waals surface area contributed by atoms with Crippen LogP contribution in [0.1, 0.15) is 6.42 Å². The minimum atomic E-state index is -0.506. The van der Waals surface area contributed by atoms with Crippen molar-refractivity contribution in [3.63, 3.8) is 0 Å². The van der Waals surface area contributed by atoms with E-state index in [1.807, 2.05) is 12.1 Å². The Labute approximate surface area is 163 Å². The van der Waals surface area contributed by atoms with Crippen LogP contribution >= 0.6 is 23.1 Å². The van der Waals surface area contributed by atoms with E-state index in [-0.39, 0.29) is 30.5 Å². The molecule has 0 bridgehead atoms. The molecule has 3 N–H and O–H groups in total. The van der Waals surface area contributed by atoms with E-state index in [4.69, 9.17) is 10.5 Å². The molecule has 1 aromatic heterocycles. The molecular formula is C16H17N5O4S2. The number of carbonyl (C=O) groups is 3. The minimum absolute atomic E-state index is 0.0908. The van der Waals surface area contributed by atoms with Crippen LogP contribution in [0.4, 0.5) is 10.8 Å². The van der Waals surface area contributed by atoms with Gasteiger partial charge in [-0.15, -0.1) is 10.2 Å². The summed E-state index contributed by atoms with van der Waals surface area (Å²) in [5.74, 6) is -0.743. The molecule has 1 saturated heterocycles. The summed E-state index contributed by atoms with van der Waals surface area (Å²) in [6.07, 6.45) is 0.103. The molecule has 27 heavy (non-hydrogen) atoms. The van der Waals surface area contributed by atoms with Gasteiger partial charge in [-0.3, -0.25) is 14.4 Å². The van der Waals surface area contributed by atoms with Gasteiger partial charge in [0.05, 0.1) is 24.5 Å². The number of ether oxygens (including phenoxy) is 1. The molecule has 1 aliphatic rings. The van der Waals surface area contributed by atoms with Gasteiger partial charge in [0, 0.05) is 13.0 Å². The number of anilines is 2. The Morgan fingerprint density at radius 2 is 2.19 bits per heavy atom. The van der Waals surface area contributed by atoms with Crippen LogP contribution in [-0.4, -0.2) is 47.3 Å². The molecule has 3 amide bonds. The number of primary amides is 1. The monoisotopic (exact) mass is 407 g/mol. The van der Waals surface area contributed by atoms with Gasteiger partial charge in [-0.25, -0.2) is 0 Å². The minimum Gasteiger partial charge on any atom is -0.495 e. The van der Waals surface area contributed by atoms with Crippen molar-refractivity contribution < 1.29 is 19.1 Å². The number of thioether (sulfide) groups is 1. The summed E-state index contributed by atoms with van der Waals surface area (Å²) in [6.45, 7) is 0.257. The van der Waals surface area contributed by atoms with Crippen LogP contribution in [0.25, 0.3) is 0 Å². The molecule has 0 radical (unpaired) electrons. The number of methoxy groups -OCH3 is 1. The Bertz CT molecular complexity index is 872. The molecule has 1 aromatic carbocycles. The Balaban J connectivity index is 1.63. The van der Waals surface area contributed by atoms with Crippen LogP contribution in [0.15, 0.2) is 28.6 Å². The quantitative estimate of drug-likeness (QED) is 0.520. The van der Waals surface area contributed by atoms with Crippen LogP contribution in [0.3, 0.4) is 0 Å². The van der Waals surface area contributed by atoms with Crippen molar-refractivity contribution in [3.8, 4) is 5.75 Å². The molecule has 1 fully saturated rings. The van der Waals surface area contributed by atoms with E-state index in [2.05, 4.69) is 15.5 Å². The van der Waals surface area contributed by atoms with E-state index in [1.165, 1.54) is 7.11 Å². The molecule has 142 valence electrons. The number of rotatable bonds is 7. The molecule has 2 heterocycles. The van der Waals surface area contributed by atoms with Crippen molar-refractivity contribution in [1.29, 1.82) is 0 Å². The van der Waals surface area contributed by atoms with E-state index in [0.29, 0.717) is 20.9 Å². The van der Waals surface area contributed by atoms with Crippen LogP contribution in [0.5, 0.6) is 5.75 Å². The highest BCUT2D eigenvalue weighted by Gasteiger charge is 2.36. The highest BCUT2D eigenvalue weighted by molar-refractivity contribution is 8.01. The highest BCUT2D eigenvalue weighted by atomic mass is 32.2. The number of benzene rings is 1. The number of para-hydroxylation sites is 2. The number of nitrogens with one attached hydrogen (secondary N) is 1. The van der Waals surface area contributed by atoms with Gasteiger partial charge in [-0.2, -0.15) is 0 Å². The van der Waals surface area contributed by atoms with E-state index >= 15 is 0 Å². The second kappa shape index (κ2) is 8.35. The Hall–Kier alpha value is -2.66. The first-order chi connectivity index (χ1) is 13.0. The van der Waals surface area contributed by atoms with Gasteiger partial charge >= 0.3 is 0 Å². The SMILES string of the molecule is COc1ccccc1N1C[C@@H](C(=O)Nc2nnc(SCC(N)=O)s2)CC1=O. The summed E-state index contributed by atoms with van der Waals surface area (Å²) in [5.41, 5.74) is 5.73. The third kappa shape index (κ3) is 4.55. The molecule has 2 aromatic rings. The maximum absolute atomic E-state index is 12.5. The zero-order chi connectivity index (χ0) is 19.4. The summed E-state index contributed by atoms with van der Waals surface area (Å²) >= 11 is 2.30. The Morgan fingerprint density at radius 3 is 2.93 bits per heavy atom. The first-order valence-electron chi connectivity index (χ1n) is 7.96. The number of carbonyl (C=O) groups excluding carboxylic acids is 3. The number of nitrogens with zero attached hydrogens (tertiary/aromatic N) is 3. The van der Waals surface area contributed by atoms with Crippen molar-refractivity contribution in [2.45, 2.75) is 10.8 Å². The second-order valence-electron chi connectivity index (χ2n) is 5.69. The average molecular weight is 407 g/mol. The third-order valence-electron chi connectivity index (χ3n) is 3.85. The van der Waals surface area contributed by atoms with E-state index in [1.54, 1.807) is 17.0 Å². The molecular weight excluding hydrogens is 390 g/mol. The molecule has 0 aliphatic carbocycles. The lowest BCUT2D eigenvalue weighted by Gasteiger charge is -2.19. The molecule has 0 unspecified atom stereocenters. The van der Waals surface area contributed by atoms with Crippen LogP contribution < -0.4 is 20.7 Å². The normalized spacial score (nSPS) is 16.4. The predicted molar refractivity (Wildman–Crippen MR) is 102 cm³/mol. The van der Waals surface area contributed by atoms with Crippen molar-refractivity contribution in [2.75, 3.05) is 29.6 Å². The summed E-state index contributed by atoms with van der Waals surface area (Å²) < 4.78 is 5.82. The first kappa shape index (κ1) is 19.1. The van der Waals surface area contributed by atoms with Gasteiger partial charge in [-0.05, 0) is 12.1 Å². The Morgan fingerprint density at radius 1 is 1.41 bits per heavy atom. The standard InChI is InChI=1S/C16H17N5O4S2/c1-25-11-5-3-2-4-10(11)21-7-9(6-13(21)23)14(24)18-15-19-20-16(27-15)26-8-12(17)22/h2-5,9H,6-8H2,1H3,(H2,17,22)(H,18,19,24)/t9-/m0/s1. The molecule has 0 saturated carbocycles. The number of nitrogens with two attached hydrogens (primary N) is 1. The number of hydrogen-bond donors (Lipinski definition) is 2. The van der Waals surface area contributed by atoms with Crippen molar-refractivity contribution in [3.05, 3.63) is 24.3 Å². The molecule has 0 spiro atoms. The fraction of sp³-hybridized carbons (Fsp3) is 0.312. The largest absolute Gasteiger partial charge is 0.495 e. The lowest BCUT2D eigenvalue weighted by molar-refractivity contribution is -0.122. The van der Waals surface area contributed by atoms with E-state index in [0.717, 1.165) is 23.1 Å². The maximum Gasteiger partial charge on any atom is 0.231 e. The van der Waals surface area contributed by atoms with Gasteiger partial charge in [0.25, 0.3) is 0 Å². The lowest BCUT2D eigenvalue weighted by atomic mass is 10.1. The molecule has 1 atom stereocenters. The van der Waals surface area contributed by atoms with E-state index in [9.17, 15) is 14.4 Å². The van der Waals surface area contributed by atoms with Crippen LogP contribution in [0, 0.1) is 5.92 Å².